The van der Waals surface area contributed by atoms with Crippen LogP contribution in [0.25, 0.3) is 0 Å². The second-order valence-corrected chi connectivity index (χ2v) is 5.04. The van der Waals surface area contributed by atoms with Crippen LogP contribution in [-0.2, 0) is 6.42 Å². The molecular formula is C11H13BrOS. The minimum Gasteiger partial charge on any atom is -0.293 e. The first kappa shape index (κ1) is 11.8. The van der Waals surface area contributed by atoms with Crippen LogP contribution in [0.3, 0.4) is 0 Å². The number of aryl methyl sites for hydroxylation is 1. The summed E-state index contributed by atoms with van der Waals surface area (Å²) in [6.07, 6.45) is 0.936. The predicted molar refractivity (Wildman–Crippen MR) is 65.8 cm³/mol. The molecule has 14 heavy (non-hydrogen) atoms. The number of carbonyl (C=O) groups is 1. The smallest absolute Gasteiger partial charge is 0.177 e. The van der Waals surface area contributed by atoms with E-state index in [1.165, 1.54) is 5.56 Å². The number of carbonyl (C=O) groups excluding carboxylic acids is 1. The van der Waals surface area contributed by atoms with Crippen LogP contribution in [0.4, 0.5) is 0 Å². The van der Waals surface area contributed by atoms with Gasteiger partial charge < -0.3 is 0 Å². The summed E-state index contributed by atoms with van der Waals surface area (Å²) in [7, 11) is 0. The Balaban J connectivity index is 3.12. The summed E-state index contributed by atoms with van der Waals surface area (Å²) >= 11 is 7.55. The van der Waals surface area contributed by atoms with E-state index < -0.39 is 0 Å². The summed E-state index contributed by atoms with van der Waals surface area (Å²) < 4.78 is 0. The van der Waals surface area contributed by atoms with Gasteiger partial charge in [-0.2, -0.15) is 0 Å². The normalized spacial score (nSPS) is 12.6. The number of Topliss-reactive ketones (excluding diaryl/α,β-unsaturated/α-hetero) is 1. The SMILES string of the molecule is CCc1ccc(S)c(C(=O)C(C)Br)c1. The molecular weight excluding hydrogens is 260 g/mol. The molecule has 0 aromatic heterocycles. The predicted octanol–water partition coefficient (Wildman–Crippen LogP) is 3.50. The lowest BCUT2D eigenvalue weighted by atomic mass is 10.0. The van der Waals surface area contributed by atoms with Crippen molar-refractivity contribution in [3.8, 4) is 0 Å². The molecule has 0 fully saturated rings. The number of rotatable bonds is 3. The maximum Gasteiger partial charge on any atom is 0.177 e. The first-order valence-electron chi connectivity index (χ1n) is 4.56. The van der Waals surface area contributed by atoms with E-state index in [4.69, 9.17) is 0 Å². The van der Waals surface area contributed by atoms with Crippen molar-refractivity contribution in [3.05, 3.63) is 29.3 Å². The number of ketones is 1. The third-order valence-electron chi connectivity index (χ3n) is 2.10. The fraction of sp³-hybridized carbons (Fsp3) is 0.364. The highest BCUT2D eigenvalue weighted by molar-refractivity contribution is 9.10. The van der Waals surface area contributed by atoms with Crippen LogP contribution >= 0.6 is 28.6 Å². The van der Waals surface area contributed by atoms with Gasteiger partial charge in [-0.25, -0.2) is 0 Å². The van der Waals surface area contributed by atoms with Gasteiger partial charge >= 0.3 is 0 Å². The number of thiol groups is 1. The van der Waals surface area contributed by atoms with Crippen LogP contribution in [0.1, 0.15) is 29.8 Å². The molecule has 0 spiro atoms. The lowest BCUT2D eigenvalue weighted by molar-refractivity contribution is 0.0993. The molecule has 0 amide bonds. The van der Waals surface area contributed by atoms with Gasteiger partial charge in [0, 0.05) is 10.5 Å². The molecule has 0 aliphatic heterocycles. The number of hydrogen-bond donors (Lipinski definition) is 1. The topological polar surface area (TPSA) is 17.1 Å². The van der Waals surface area contributed by atoms with Crippen molar-refractivity contribution < 1.29 is 4.79 Å². The van der Waals surface area contributed by atoms with Crippen molar-refractivity contribution in [1.29, 1.82) is 0 Å². The average molecular weight is 273 g/mol. The summed E-state index contributed by atoms with van der Waals surface area (Å²) in [6, 6.07) is 5.80. The van der Waals surface area contributed by atoms with Crippen LogP contribution in [0.2, 0.25) is 0 Å². The van der Waals surface area contributed by atoms with Gasteiger partial charge in [0.1, 0.15) is 0 Å². The summed E-state index contributed by atoms with van der Waals surface area (Å²) in [6.45, 7) is 3.90. The molecule has 0 aliphatic rings. The van der Waals surface area contributed by atoms with Gasteiger partial charge in [-0.1, -0.05) is 28.9 Å². The highest BCUT2D eigenvalue weighted by Gasteiger charge is 2.14. The van der Waals surface area contributed by atoms with Crippen molar-refractivity contribution in [2.75, 3.05) is 0 Å². The van der Waals surface area contributed by atoms with Gasteiger partial charge in [-0.05, 0) is 31.0 Å². The number of benzene rings is 1. The van der Waals surface area contributed by atoms with Gasteiger partial charge in [0.05, 0.1) is 4.83 Å². The standard InChI is InChI=1S/C11H13BrOS/c1-3-8-4-5-10(14)9(6-8)11(13)7(2)12/h4-7,14H,3H2,1-2H3. The van der Waals surface area contributed by atoms with Gasteiger partial charge in [0.2, 0.25) is 0 Å². The molecule has 0 saturated heterocycles. The fourth-order valence-electron chi connectivity index (χ4n) is 1.21. The summed E-state index contributed by atoms with van der Waals surface area (Å²) in [4.78, 5) is 12.3. The average Bonchev–Trinajstić information content (AvgIpc) is 2.17. The van der Waals surface area contributed by atoms with Crippen molar-refractivity contribution in [1.82, 2.24) is 0 Å². The second kappa shape index (κ2) is 4.99. The van der Waals surface area contributed by atoms with Crippen molar-refractivity contribution >= 4 is 34.3 Å². The monoisotopic (exact) mass is 272 g/mol. The van der Waals surface area contributed by atoms with E-state index in [1.54, 1.807) is 0 Å². The summed E-state index contributed by atoms with van der Waals surface area (Å²) in [5.41, 5.74) is 1.87. The highest BCUT2D eigenvalue weighted by atomic mass is 79.9. The van der Waals surface area contributed by atoms with E-state index in [0.29, 0.717) is 5.56 Å². The van der Waals surface area contributed by atoms with Crippen LogP contribution in [0.15, 0.2) is 23.1 Å². The van der Waals surface area contributed by atoms with Crippen LogP contribution in [-0.4, -0.2) is 10.6 Å². The van der Waals surface area contributed by atoms with E-state index in [-0.39, 0.29) is 10.6 Å². The van der Waals surface area contributed by atoms with Gasteiger partial charge in [0.15, 0.2) is 5.78 Å². The number of halogens is 1. The second-order valence-electron chi connectivity index (χ2n) is 3.19. The Morgan fingerprint density at radius 3 is 2.71 bits per heavy atom. The largest absolute Gasteiger partial charge is 0.293 e. The third kappa shape index (κ3) is 2.61. The molecule has 1 nitrogen and oxygen atoms in total. The Morgan fingerprint density at radius 2 is 2.21 bits per heavy atom. The first-order valence-corrected chi connectivity index (χ1v) is 5.92. The quantitative estimate of drug-likeness (QED) is 0.506. The van der Waals surface area contributed by atoms with E-state index in [2.05, 4.69) is 35.5 Å². The molecule has 1 unspecified atom stereocenters. The minimum atomic E-state index is -0.152. The maximum atomic E-state index is 11.7. The van der Waals surface area contributed by atoms with Crippen LogP contribution < -0.4 is 0 Å². The van der Waals surface area contributed by atoms with Crippen LogP contribution in [0.5, 0.6) is 0 Å². The van der Waals surface area contributed by atoms with Crippen molar-refractivity contribution in [2.45, 2.75) is 30.0 Å². The van der Waals surface area contributed by atoms with Crippen molar-refractivity contribution in [2.24, 2.45) is 0 Å². The summed E-state index contributed by atoms with van der Waals surface area (Å²) in [5, 5.41) is 0. The third-order valence-corrected chi connectivity index (χ3v) is 2.90. The van der Waals surface area contributed by atoms with E-state index >= 15 is 0 Å². The molecule has 1 atom stereocenters. The zero-order chi connectivity index (χ0) is 10.7. The molecule has 0 saturated carbocycles. The molecule has 0 N–H and O–H groups in total. The lowest BCUT2D eigenvalue weighted by Gasteiger charge is -2.07. The molecule has 1 rings (SSSR count). The van der Waals surface area contributed by atoms with E-state index in [9.17, 15) is 4.79 Å². The summed E-state index contributed by atoms with van der Waals surface area (Å²) in [5.74, 6) is 0.0882. The first-order chi connectivity index (χ1) is 6.56. The molecule has 0 heterocycles. The number of hydrogen-bond acceptors (Lipinski definition) is 2. The number of alkyl halides is 1. The molecule has 0 bridgehead atoms. The van der Waals surface area contributed by atoms with E-state index in [1.807, 2.05) is 25.1 Å². The zero-order valence-electron chi connectivity index (χ0n) is 8.25. The molecule has 1 aromatic rings. The van der Waals surface area contributed by atoms with Crippen molar-refractivity contribution in [3.63, 3.8) is 0 Å². The van der Waals surface area contributed by atoms with Gasteiger partial charge in [0.25, 0.3) is 0 Å². The fourth-order valence-corrected chi connectivity index (χ4v) is 1.71. The molecule has 3 heteroatoms. The lowest BCUT2D eigenvalue weighted by Crippen LogP contribution is -2.11. The molecule has 1 aromatic carbocycles. The minimum absolute atomic E-state index is 0.0882. The van der Waals surface area contributed by atoms with Gasteiger partial charge in [-0.15, -0.1) is 12.6 Å². The molecule has 0 radical (unpaired) electrons. The van der Waals surface area contributed by atoms with Crippen LogP contribution in [0, 0.1) is 0 Å². The Hall–Kier alpha value is -0.280. The molecule has 76 valence electrons. The molecule has 0 aliphatic carbocycles. The Kier molecular flexibility index (Phi) is 4.20. The Labute approximate surface area is 98.4 Å². The highest BCUT2D eigenvalue weighted by Crippen LogP contribution is 2.20. The Morgan fingerprint density at radius 1 is 1.57 bits per heavy atom. The van der Waals surface area contributed by atoms with Gasteiger partial charge in [-0.3, -0.25) is 4.79 Å². The van der Waals surface area contributed by atoms with E-state index in [0.717, 1.165) is 11.3 Å². The maximum absolute atomic E-state index is 11.7. The zero-order valence-corrected chi connectivity index (χ0v) is 10.7. The Bertz CT molecular complexity index is 347.